The molecular formula is C33H40N2O7. The molecule has 4 rings (SSSR count). The maximum Gasteiger partial charge on any atom is 0.407 e. The number of aromatic hydroxyl groups is 2. The molecule has 5 atom stereocenters. The molecule has 0 aliphatic heterocycles. The van der Waals surface area contributed by atoms with E-state index in [-0.39, 0.29) is 36.7 Å². The molecule has 6 N–H and O–H groups in total. The number of rotatable bonds is 10. The van der Waals surface area contributed by atoms with Crippen LogP contribution >= 0.6 is 0 Å². The summed E-state index contributed by atoms with van der Waals surface area (Å²) < 4.78 is 5.44. The van der Waals surface area contributed by atoms with Gasteiger partial charge in [0.15, 0.2) is 0 Å². The molecule has 0 saturated carbocycles. The quantitative estimate of drug-likeness (QED) is 0.214. The van der Waals surface area contributed by atoms with Gasteiger partial charge >= 0.3 is 6.09 Å². The van der Waals surface area contributed by atoms with Crippen LogP contribution in [0.4, 0.5) is 4.79 Å². The minimum Gasteiger partial charge on any atom is -0.508 e. The van der Waals surface area contributed by atoms with Crippen molar-refractivity contribution in [3.05, 3.63) is 95.1 Å². The molecule has 3 aromatic carbocycles. The summed E-state index contributed by atoms with van der Waals surface area (Å²) in [6, 6.07) is 19.1. The smallest absolute Gasteiger partial charge is 0.407 e. The van der Waals surface area contributed by atoms with Gasteiger partial charge in [-0.25, -0.2) is 4.79 Å². The van der Waals surface area contributed by atoms with Crippen molar-refractivity contribution in [1.82, 2.24) is 10.6 Å². The van der Waals surface area contributed by atoms with Crippen LogP contribution in [0.5, 0.6) is 11.5 Å². The molecule has 0 bridgehead atoms. The van der Waals surface area contributed by atoms with Gasteiger partial charge in [-0.15, -0.1) is 0 Å². The lowest BCUT2D eigenvalue weighted by molar-refractivity contribution is -0.127. The zero-order valence-corrected chi connectivity index (χ0v) is 24.2. The van der Waals surface area contributed by atoms with E-state index in [9.17, 15) is 30.0 Å². The first-order chi connectivity index (χ1) is 19.9. The van der Waals surface area contributed by atoms with Crippen molar-refractivity contribution >= 4 is 12.0 Å². The maximum absolute atomic E-state index is 13.8. The first kappa shape index (κ1) is 30.9. The van der Waals surface area contributed by atoms with E-state index in [0.29, 0.717) is 6.42 Å². The van der Waals surface area contributed by atoms with Crippen molar-refractivity contribution in [2.24, 2.45) is 5.92 Å². The highest BCUT2D eigenvalue weighted by atomic mass is 16.6. The fraction of sp³-hybridized carbons (Fsp3) is 0.394. The molecule has 0 aromatic heterocycles. The molecule has 9 heteroatoms. The van der Waals surface area contributed by atoms with Gasteiger partial charge in [0.2, 0.25) is 5.91 Å². The van der Waals surface area contributed by atoms with Crippen LogP contribution in [-0.2, 0) is 28.8 Å². The lowest BCUT2D eigenvalue weighted by atomic mass is 9.88. The van der Waals surface area contributed by atoms with Gasteiger partial charge < -0.3 is 35.8 Å². The molecule has 0 heterocycles. The van der Waals surface area contributed by atoms with E-state index in [2.05, 4.69) is 10.6 Å². The number of phenolic OH excluding ortho intramolecular Hbond substituents is 2. The summed E-state index contributed by atoms with van der Waals surface area (Å²) >= 11 is 0. The number of nitrogens with one attached hydrogen (secondary N) is 2. The van der Waals surface area contributed by atoms with Crippen molar-refractivity contribution in [3.8, 4) is 11.5 Å². The van der Waals surface area contributed by atoms with Crippen molar-refractivity contribution in [2.45, 2.75) is 76.3 Å². The molecule has 2 amide bonds. The summed E-state index contributed by atoms with van der Waals surface area (Å²) in [5.74, 6) is -0.881. The highest BCUT2D eigenvalue weighted by Gasteiger charge is 2.35. The largest absolute Gasteiger partial charge is 0.508 e. The number of amides is 2. The maximum atomic E-state index is 13.8. The van der Waals surface area contributed by atoms with Crippen molar-refractivity contribution in [3.63, 3.8) is 0 Å². The average molecular weight is 577 g/mol. The first-order valence-corrected chi connectivity index (χ1v) is 14.2. The van der Waals surface area contributed by atoms with Crippen LogP contribution in [0.25, 0.3) is 0 Å². The van der Waals surface area contributed by atoms with Crippen LogP contribution < -0.4 is 10.6 Å². The molecule has 1 aliphatic rings. The molecule has 3 aromatic rings. The molecule has 0 unspecified atom stereocenters. The number of carbonyl (C=O) groups is 2. The summed E-state index contributed by atoms with van der Waals surface area (Å²) in [6.45, 7) is 5.23. The van der Waals surface area contributed by atoms with E-state index >= 15 is 0 Å². The molecule has 0 saturated heterocycles. The van der Waals surface area contributed by atoms with Crippen molar-refractivity contribution in [2.75, 3.05) is 0 Å². The Morgan fingerprint density at radius 1 is 0.905 bits per heavy atom. The van der Waals surface area contributed by atoms with Crippen LogP contribution in [0.15, 0.2) is 72.8 Å². The van der Waals surface area contributed by atoms with E-state index in [1.807, 2.05) is 24.3 Å². The molecule has 0 spiro atoms. The van der Waals surface area contributed by atoms with Gasteiger partial charge in [-0.05, 0) is 86.6 Å². The summed E-state index contributed by atoms with van der Waals surface area (Å²) in [6.07, 6.45) is -1.72. The Kier molecular flexibility index (Phi) is 9.75. The Morgan fingerprint density at radius 2 is 1.48 bits per heavy atom. The highest BCUT2D eigenvalue weighted by Crippen LogP contribution is 2.32. The van der Waals surface area contributed by atoms with Gasteiger partial charge in [0.05, 0.1) is 24.3 Å². The Labute approximate surface area is 246 Å². The van der Waals surface area contributed by atoms with Crippen molar-refractivity contribution < 1.29 is 34.8 Å². The van der Waals surface area contributed by atoms with E-state index in [4.69, 9.17) is 4.74 Å². The van der Waals surface area contributed by atoms with Gasteiger partial charge in [0, 0.05) is 12.3 Å². The van der Waals surface area contributed by atoms with Crippen molar-refractivity contribution in [1.29, 1.82) is 0 Å². The number of hydrogen-bond acceptors (Lipinski definition) is 7. The minimum atomic E-state index is -1.15. The monoisotopic (exact) mass is 576 g/mol. The Balaban J connectivity index is 1.57. The number of aliphatic hydroxyl groups is 2. The van der Waals surface area contributed by atoms with Gasteiger partial charge in [0.25, 0.3) is 0 Å². The molecule has 224 valence electrons. The second-order valence-electron chi connectivity index (χ2n) is 12.0. The average Bonchev–Trinajstić information content (AvgIpc) is 3.23. The summed E-state index contributed by atoms with van der Waals surface area (Å²) in [5, 5.41) is 47.4. The molecular weight excluding hydrogens is 536 g/mol. The first-order valence-electron chi connectivity index (χ1n) is 14.2. The third kappa shape index (κ3) is 8.47. The molecule has 42 heavy (non-hydrogen) atoms. The third-order valence-electron chi connectivity index (χ3n) is 7.38. The number of aliphatic hydroxyl groups excluding tert-OH is 2. The Morgan fingerprint density at radius 3 is 2.07 bits per heavy atom. The molecule has 0 fully saturated rings. The summed E-state index contributed by atoms with van der Waals surface area (Å²) in [4.78, 5) is 26.5. The number of carbonyl (C=O) groups excluding carboxylic acids is 2. The van der Waals surface area contributed by atoms with E-state index < -0.39 is 41.9 Å². The minimum absolute atomic E-state index is 0.00425. The Bertz CT molecular complexity index is 1350. The highest BCUT2D eigenvalue weighted by molar-refractivity contribution is 5.80. The number of ether oxygens (including phenoxy) is 1. The second kappa shape index (κ2) is 13.3. The zero-order valence-electron chi connectivity index (χ0n) is 24.2. The van der Waals surface area contributed by atoms with E-state index in [0.717, 1.165) is 22.3 Å². The number of phenols is 2. The SMILES string of the molecule is CC(C)(C)OC(=O)N[C@H](Cc1ccc(O)cc1)[C@H](O)C[C@@H](Cc1ccc(O)cc1)C(=O)N[C@@H]1c2ccccc2C[C@@H]1O. The predicted octanol–water partition coefficient (Wildman–Crippen LogP) is 3.92. The van der Waals surface area contributed by atoms with Crippen LogP contribution in [0.2, 0.25) is 0 Å². The van der Waals surface area contributed by atoms with Gasteiger partial charge in [-0.1, -0.05) is 48.5 Å². The van der Waals surface area contributed by atoms with Crippen LogP contribution in [-0.4, -0.2) is 56.3 Å². The fourth-order valence-electron chi connectivity index (χ4n) is 5.30. The number of benzene rings is 3. The summed E-state index contributed by atoms with van der Waals surface area (Å²) in [7, 11) is 0. The van der Waals surface area contributed by atoms with Gasteiger partial charge in [-0.2, -0.15) is 0 Å². The predicted molar refractivity (Wildman–Crippen MR) is 158 cm³/mol. The second-order valence-corrected chi connectivity index (χ2v) is 12.0. The standard InChI is InChI=1S/C33H40N2O7/c1-33(2,3)42-32(41)34-27(17-21-10-14-25(37)15-11-21)28(38)19-23(16-20-8-12-24(36)13-9-20)31(40)35-30-26-7-5-4-6-22(26)18-29(30)39/h4-15,23,27-30,36-39H,16-19H2,1-3H3,(H,34,41)(H,35,40)/t23-,27-,28-,29+,30-/m1/s1. The Hall–Kier alpha value is -4.08. The van der Waals surface area contributed by atoms with Gasteiger partial charge in [0.1, 0.15) is 17.1 Å². The van der Waals surface area contributed by atoms with E-state index in [1.165, 1.54) is 24.3 Å². The van der Waals surface area contributed by atoms with Crippen LogP contribution in [0, 0.1) is 5.92 Å². The topological polar surface area (TPSA) is 148 Å². The molecule has 9 nitrogen and oxygen atoms in total. The number of alkyl carbamates (subject to hydrolysis) is 1. The summed E-state index contributed by atoms with van der Waals surface area (Å²) in [5.41, 5.74) is 2.62. The van der Waals surface area contributed by atoms with Gasteiger partial charge in [-0.3, -0.25) is 4.79 Å². The van der Waals surface area contributed by atoms with E-state index in [1.54, 1.807) is 45.0 Å². The fourth-order valence-corrected chi connectivity index (χ4v) is 5.30. The lowest BCUT2D eigenvalue weighted by Gasteiger charge is -2.29. The molecule has 0 radical (unpaired) electrons. The molecule has 1 aliphatic carbocycles. The zero-order chi connectivity index (χ0) is 30.4. The van der Waals surface area contributed by atoms with Crippen LogP contribution in [0.1, 0.15) is 55.5 Å². The van der Waals surface area contributed by atoms with Crippen LogP contribution in [0.3, 0.4) is 0 Å². The third-order valence-corrected chi connectivity index (χ3v) is 7.38. The number of fused-ring (bicyclic) bond motifs is 1. The number of hydrogen-bond donors (Lipinski definition) is 6. The normalized spacial score (nSPS) is 18.4. The lowest BCUT2D eigenvalue weighted by Crippen LogP contribution is -2.48.